The zero-order valence-corrected chi connectivity index (χ0v) is 6.81. The van der Waals surface area contributed by atoms with E-state index in [1.54, 1.807) is 26.0 Å². The highest BCUT2D eigenvalue weighted by Crippen LogP contribution is 2.17. The minimum absolute atomic E-state index is 0. The molecule has 0 bridgehead atoms. The Morgan fingerprint density at radius 3 is 2.18 bits per heavy atom. The molecule has 5 heteroatoms. The number of para-hydroxylation sites is 1. The highest BCUT2D eigenvalue weighted by Gasteiger charge is 1.97. The third kappa shape index (κ3) is 2.80. The van der Waals surface area contributed by atoms with Crippen molar-refractivity contribution < 1.29 is 16.1 Å². The van der Waals surface area contributed by atoms with Crippen molar-refractivity contribution in [2.75, 3.05) is 0 Å². The molecule has 0 fully saturated rings. The maximum atomic E-state index is 9.07. The monoisotopic (exact) mass is 176 g/mol. The van der Waals surface area contributed by atoms with Crippen LogP contribution in [0.1, 0.15) is 0 Å². The Morgan fingerprint density at radius 1 is 1.27 bits per heavy atom. The summed E-state index contributed by atoms with van der Waals surface area (Å²) in [5, 5.41) is 9.49. The fourth-order valence-corrected chi connectivity index (χ4v) is 0.845. The molecule has 0 spiro atoms. The van der Waals surface area contributed by atoms with Gasteiger partial charge in [0.05, 0.1) is 5.02 Å². The van der Waals surface area contributed by atoms with Crippen molar-refractivity contribution in [3.8, 4) is 5.75 Å². The van der Waals surface area contributed by atoms with E-state index < -0.39 is 0 Å². The average Bonchev–Trinajstić information content (AvgIpc) is 1.83. The number of phenolic OH excluding ortho intramolecular Hbond substituents is 1. The third-order valence-electron chi connectivity index (χ3n) is 1.19. The van der Waals surface area contributed by atoms with Crippen LogP contribution in [0.4, 0.5) is 0 Å². The van der Waals surface area contributed by atoms with Crippen LogP contribution in [0.5, 0.6) is 5.75 Å². The second-order valence-corrected chi connectivity index (χ2v) is 2.31. The van der Waals surface area contributed by atoms with E-state index in [0.717, 1.165) is 5.46 Å². The van der Waals surface area contributed by atoms with Crippen LogP contribution in [-0.2, 0) is 0 Å². The molecule has 0 saturated heterocycles. The summed E-state index contributed by atoms with van der Waals surface area (Å²) < 4.78 is 0. The Morgan fingerprint density at radius 2 is 1.82 bits per heavy atom. The van der Waals surface area contributed by atoms with Gasteiger partial charge in [-0.1, -0.05) is 23.7 Å². The van der Waals surface area contributed by atoms with Gasteiger partial charge in [0.25, 0.3) is 0 Å². The second kappa shape index (κ2) is 5.01. The van der Waals surface area contributed by atoms with E-state index in [1.807, 2.05) is 0 Å². The van der Waals surface area contributed by atoms with Crippen LogP contribution in [-0.4, -0.2) is 23.9 Å². The van der Waals surface area contributed by atoms with Crippen LogP contribution in [0.3, 0.4) is 0 Å². The Bertz CT molecular complexity index is 209. The largest absolute Gasteiger partial charge is 0.507 e. The summed E-state index contributed by atoms with van der Waals surface area (Å²) in [5.41, 5.74) is 0.808. The van der Waals surface area contributed by atoms with Crippen LogP contribution < -0.4 is 5.46 Å². The summed E-state index contributed by atoms with van der Waals surface area (Å²) in [4.78, 5) is 0. The number of aromatic hydroxyl groups is 1. The molecule has 1 rings (SSSR count). The molecule has 0 saturated carbocycles. The van der Waals surface area contributed by atoms with Gasteiger partial charge < -0.3 is 16.1 Å². The number of benzene rings is 1. The van der Waals surface area contributed by atoms with E-state index in [2.05, 4.69) is 0 Å². The normalized spacial score (nSPS) is 7.73. The predicted molar refractivity (Wildman–Crippen MR) is 48.5 cm³/mol. The van der Waals surface area contributed by atoms with Gasteiger partial charge in [0.15, 0.2) is 0 Å². The molecule has 0 amide bonds. The summed E-state index contributed by atoms with van der Waals surface area (Å²) in [7, 11) is 1.81. The van der Waals surface area contributed by atoms with Crippen molar-refractivity contribution >= 4 is 24.9 Å². The van der Waals surface area contributed by atoms with Gasteiger partial charge in [0.2, 0.25) is 0 Å². The molecule has 0 radical (unpaired) electrons. The van der Waals surface area contributed by atoms with E-state index in [1.165, 1.54) is 0 Å². The second-order valence-electron chi connectivity index (χ2n) is 1.91. The first-order valence-corrected chi connectivity index (χ1v) is 3.03. The van der Waals surface area contributed by atoms with Crippen molar-refractivity contribution in [2.24, 2.45) is 0 Å². The molecule has 0 heterocycles. The Kier molecular flexibility index (Phi) is 5.89. The van der Waals surface area contributed by atoms with Gasteiger partial charge in [-0.25, -0.2) is 0 Å². The number of hydrogen-bond donors (Lipinski definition) is 1. The molecule has 0 atom stereocenters. The fraction of sp³-hybridized carbons (Fsp3) is 0. The summed E-state index contributed by atoms with van der Waals surface area (Å²) in [6.45, 7) is 0. The number of phenols is 1. The SMILES string of the molecule is Bc1cccc(Cl)c1O.O.O. The zero-order chi connectivity index (χ0) is 6.85. The fourth-order valence-electron chi connectivity index (χ4n) is 0.623. The molecule has 0 aliphatic rings. The molecular formula is C6H10BClO3. The molecule has 1 aromatic rings. The minimum Gasteiger partial charge on any atom is -0.507 e. The molecule has 0 aliphatic carbocycles. The molecule has 0 aromatic heterocycles. The number of hydrogen-bond acceptors (Lipinski definition) is 1. The lowest BCUT2D eigenvalue weighted by atomic mass is 9.95. The van der Waals surface area contributed by atoms with Crippen LogP contribution in [0.25, 0.3) is 0 Å². The summed E-state index contributed by atoms with van der Waals surface area (Å²) in [6.07, 6.45) is 0. The summed E-state index contributed by atoms with van der Waals surface area (Å²) >= 11 is 5.56. The lowest BCUT2D eigenvalue weighted by Crippen LogP contribution is -2.00. The van der Waals surface area contributed by atoms with Gasteiger partial charge in [-0.3, -0.25) is 0 Å². The molecule has 62 valence electrons. The van der Waals surface area contributed by atoms with Crippen LogP contribution in [0, 0.1) is 0 Å². The van der Waals surface area contributed by atoms with Gasteiger partial charge >= 0.3 is 0 Å². The lowest BCUT2D eigenvalue weighted by molar-refractivity contribution is 0.480. The number of halogens is 1. The van der Waals surface area contributed by atoms with Gasteiger partial charge in [-0.2, -0.15) is 0 Å². The van der Waals surface area contributed by atoms with Crippen molar-refractivity contribution in [1.29, 1.82) is 0 Å². The first kappa shape index (κ1) is 12.9. The van der Waals surface area contributed by atoms with E-state index in [4.69, 9.17) is 16.7 Å². The lowest BCUT2D eigenvalue weighted by Gasteiger charge is -1.97. The molecule has 11 heavy (non-hydrogen) atoms. The Balaban J connectivity index is 0. The molecular weight excluding hydrogens is 166 g/mol. The van der Waals surface area contributed by atoms with E-state index >= 15 is 0 Å². The van der Waals surface area contributed by atoms with Crippen LogP contribution in [0.2, 0.25) is 5.02 Å². The first-order valence-electron chi connectivity index (χ1n) is 2.66. The van der Waals surface area contributed by atoms with Crippen molar-refractivity contribution in [1.82, 2.24) is 0 Å². The van der Waals surface area contributed by atoms with Crippen molar-refractivity contribution in [3.05, 3.63) is 23.2 Å². The maximum Gasteiger partial charge on any atom is 0.144 e. The van der Waals surface area contributed by atoms with Gasteiger partial charge in [0.1, 0.15) is 13.6 Å². The highest BCUT2D eigenvalue weighted by atomic mass is 35.5. The minimum atomic E-state index is 0. The average molecular weight is 176 g/mol. The standard InChI is InChI=1S/C6H6BClO.2H2O/c7-4-2-1-3-5(8)6(4)9;;/h1-3,9H,7H2;2*1H2. The van der Waals surface area contributed by atoms with E-state index in [-0.39, 0.29) is 16.7 Å². The molecule has 5 N–H and O–H groups in total. The zero-order valence-electron chi connectivity index (χ0n) is 6.06. The van der Waals surface area contributed by atoms with E-state index in [9.17, 15) is 0 Å². The topological polar surface area (TPSA) is 83.2 Å². The quantitative estimate of drug-likeness (QED) is 0.487. The Labute approximate surface area is 70.6 Å². The Hall–Kier alpha value is -0.705. The van der Waals surface area contributed by atoms with Crippen molar-refractivity contribution in [3.63, 3.8) is 0 Å². The molecule has 3 nitrogen and oxygen atoms in total. The molecule has 0 unspecified atom stereocenters. The summed E-state index contributed by atoms with van der Waals surface area (Å²) in [5.74, 6) is 0.180. The van der Waals surface area contributed by atoms with Gasteiger partial charge in [-0.05, 0) is 11.5 Å². The van der Waals surface area contributed by atoms with Crippen LogP contribution >= 0.6 is 11.6 Å². The predicted octanol–water partition coefficient (Wildman–Crippen LogP) is -1.35. The smallest absolute Gasteiger partial charge is 0.144 e. The van der Waals surface area contributed by atoms with Gasteiger partial charge in [-0.15, -0.1) is 0 Å². The maximum absolute atomic E-state index is 9.07. The third-order valence-corrected chi connectivity index (χ3v) is 1.49. The highest BCUT2D eigenvalue weighted by molar-refractivity contribution is 6.39. The number of rotatable bonds is 0. The van der Waals surface area contributed by atoms with Crippen molar-refractivity contribution in [2.45, 2.75) is 0 Å². The van der Waals surface area contributed by atoms with E-state index in [0.29, 0.717) is 5.02 Å². The van der Waals surface area contributed by atoms with Crippen LogP contribution in [0.15, 0.2) is 18.2 Å². The first-order chi connectivity index (χ1) is 4.22. The van der Waals surface area contributed by atoms with Gasteiger partial charge in [0, 0.05) is 0 Å². The molecule has 0 aliphatic heterocycles. The molecule has 1 aromatic carbocycles. The summed E-state index contributed by atoms with van der Waals surface area (Å²) in [6, 6.07) is 5.27.